The number of nitrogens with zero attached hydrogens (tertiary/aromatic N) is 3. The van der Waals surface area contributed by atoms with Crippen LogP contribution in [0.2, 0.25) is 5.02 Å². The molecular weight excluding hydrogens is 336 g/mol. The van der Waals surface area contributed by atoms with Gasteiger partial charge in [0, 0.05) is 12.1 Å². The third kappa shape index (κ3) is 2.76. The summed E-state index contributed by atoms with van der Waals surface area (Å²) >= 11 is 5.88. The van der Waals surface area contributed by atoms with Crippen molar-refractivity contribution in [3.05, 3.63) is 55.7 Å². The maximum Gasteiger partial charge on any atom is 0.329 e. The molecule has 0 aliphatic rings. The molecule has 0 bridgehead atoms. The van der Waals surface area contributed by atoms with Gasteiger partial charge >= 0.3 is 5.69 Å². The number of hydrogen-bond donors (Lipinski definition) is 3. The number of H-pyrrole nitrogens is 1. The van der Waals surface area contributed by atoms with Crippen LogP contribution in [0.5, 0.6) is 0 Å². The number of halogens is 1. The number of carbonyl (C=O) groups is 1. The van der Waals surface area contributed by atoms with Gasteiger partial charge < -0.3 is 0 Å². The Kier molecular flexibility index (Phi) is 4.09. The molecule has 0 unspecified atom stereocenters. The summed E-state index contributed by atoms with van der Waals surface area (Å²) in [5.41, 5.74) is 5.02. The number of imidazole rings is 1. The fourth-order valence-corrected chi connectivity index (χ4v) is 2.48. The van der Waals surface area contributed by atoms with Crippen LogP contribution in [0, 0.1) is 0 Å². The van der Waals surface area contributed by atoms with Crippen LogP contribution in [0.1, 0.15) is 5.56 Å². The first-order valence-corrected chi connectivity index (χ1v) is 7.28. The summed E-state index contributed by atoms with van der Waals surface area (Å²) in [6, 6.07) is 7.07. The number of rotatable bonds is 5. The van der Waals surface area contributed by atoms with Crippen LogP contribution in [-0.2, 0) is 18.4 Å². The number of nitrogens with one attached hydrogen (secondary N) is 3. The van der Waals surface area contributed by atoms with Crippen LogP contribution >= 0.6 is 11.6 Å². The van der Waals surface area contributed by atoms with Gasteiger partial charge in [-0.25, -0.2) is 4.79 Å². The van der Waals surface area contributed by atoms with Crippen LogP contribution in [0.3, 0.4) is 0 Å². The Hall–Kier alpha value is -3.07. The van der Waals surface area contributed by atoms with Crippen LogP contribution < -0.4 is 22.1 Å². The molecule has 2 heterocycles. The largest absolute Gasteiger partial charge is 0.329 e. The van der Waals surface area contributed by atoms with Gasteiger partial charge in [-0.3, -0.25) is 34.6 Å². The molecule has 0 saturated heterocycles. The van der Waals surface area contributed by atoms with Crippen molar-refractivity contribution in [3.63, 3.8) is 0 Å². The lowest BCUT2D eigenvalue weighted by Crippen LogP contribution is -2.29. The van der Waals surface area contributed by atoms with Gasteiger partial charge in [-0.15, -0.1) is 0 Å². The van der Waals surface area contributed by atoms with Crippen molar-refractivity contribution in [2.45, 2.75) is 6.54 Å². The third-order valence-electron chi connectivity index (χ3n) is 3.50. The molecular formula is C14H13ClN6O3. The molecule has 0 fully saturated rings. The van der Waals surface area contributed by atoms with Crippen molar-refractivity contribution >= 4 is 35.1 Å². The molecule has 0 saturated carbocycles. The first kappa shape index (κ1) is 15.8. The lowest BCUT2D eigenvalue weighted by atomic mass is 10.2. The van der Waals surface area contributed by atoms with Gasteiger partial charge in [-0.1, -0.05) is 23.7 Å². The summed E-state index contributed by atoms with van der Waals surface area (Å²) in [5, 5.41) is 0.593. The van der Waals surface area contributed by atoms with E-state index in [1.165, 1.54) is 11.6 Å². The first-order chi connectivity index (χ1) is 11.5. The number of hydrazine groups is 1. The number of aryl methyl sites for hydroxylation is 1. The summed E-state index contributed by atoms with van der Waals surface area (Å²) in [6.45, 7) is 0.290. The molecule has 9 nitrogen and oxygen atoms in total. The summed E-state index contributed by atoms with van der Waals surface area (Å²) in [5.74, 6) is 0.221. The minimum absolute atomic E-state index is 0.202. The molecule has 124 valence electrons. The lowest BCUT2D eigenvalue weighted by molar-refractivity contribution is -0.109. The van der Waals surface area contributed by atoms with Gasteiger partial charge in [0.1, 0.15) is 0 Å². The Bertz CT molecular complexity index is 1020. The van der Waals surface area contributed by atoms with Gasteiger partial charge in [0.05, 0.1) is 6.54 Å². The predicted molar refractivity (Wildman–Crippen MR) is 89.0 cm³/mol. The first-order valence-electron chi connectivity index (χ1n) is 6.90. The minimum Gasteiger partial charge on any atom is -0.298 e. The topological polar surface area (TPSA) is 114 Å². The zero-order valence-corrected chi connectivity index (χ0v) is 13.3. The number of aromatic nitrogens is 4. The van der Waals surface area contributed by atoms with Crippen molar-refractivity contribution in [2.75, 3.05) is 5.43 Å². The zero-order chi connectivity index (χ0) is 17.3. The van der Waals surface area contributed by atoms with Crippen molar-refractivity contribution in [1.82, 2.24) is 24.5 Å². The number of aromatic amines is 1. The number of hydrogen-bond acceptors (Lipinski definition) is 5. The van der Waals surface area contributed by atoms with E-state index < -0.39 is 11.2 Å². The molecule has 0 radical (unpaired) electrons. The SMILES string of the molecule is Cn1c(=O)[nH]c(=O)c2c1nc(NNC=O)n2Cc1ccc(Cl)cc1. The van der Waals surface area contributed by atoms with Gasteiger partial charge in [0.25, 0.3) is 5.56 Å². The van der Waals surface area contributed by atoms with Crippen molar-refractivity contribution < 1.29 is 4.79 Å². The minimum atomic E-state index is -0.571. The van der Waals surface area contributed by atoms with Gasteiger partial charge in [-0.2, -0.15) is 4.98 Å². The highest BCUT2D eigenvalue weighted by atomic mass is 35.5. The highest BCUT2D eigenvalue weighted by Crippen LogP contribution is 2.18. The van der Waals surface area contributed by atoms with E-state index in [2.05, 4.69) is 20.8 Å². The second kappa shape index (κ2) is 6.20. The van der Waals surface area contributed by atoms with E-state index in [4.69, 9.17) is 11.6 Å². The van der Waals surface area contributed by atoms with Crippen LogP contribution in [0.25, 0.3) is 11.2 Å². The Labute approximate surface area is 139 Å². The third-order valence-corrected chi connectivity index (χ3v) is 3.76. The number of anilines is 1. The number of amides is 1. The van der Waals surface area contributed by atoms with Crippen molar-refractivity contribution in [2.24, 2.45) is 7.05 Å². The van der Waals surface area contributed by atoms with Crippen molar-refractivity contribution in [3.8, 4) is 0 Å². The van der Waals surface area contributed by atoms with E-state index in [0.29, 0.717) is 11.4 Å². The van der Waals surface area contributed by atoms with Gasteiger partial charge in [-0.05, 0) is 17.7 Å². The molecule has 3 rings (SSSR count). The molecule has 0 spiro atoms. The molecule has 10 heteroatoms. The number of benzene rings is 1. The molecule has 1 aromatic carbocycles. The Balaban J connectivity index is 2.20. The monoisotopic (exact) mass is 348 g/mol. The van der Waals surface area contributed by atoms with E-state index in [1.54, 1.807) is 28.8 Å². The second-order valence-electron chi connectivity index (χ2n) is 5.03. The highest BCUT2D eigenvalue weighted by Gasteiger charge is 2.17. The zero-order valence-electron chi connectivity index (χ0n) is 12.5. The van der Waals surface area contributed by atoms with Crippen molar-refractivity contribution in [1.29, 1.82) is 0 Å². The standard InChI is InChI=1S/C14H13ClN6O3/c1-20-11-10(12(23)18-14(20)24)21(13(17-11)19-16-7-22)6-8-2-4-9(15)5-3-8/h2-5,7H,6H2,1H3,(H,16,22)(H,17,19)(H,18,23,24). The quantitative estimate of drug-likeness (QED) is 0.450. The van der Waals surface area contributed by atoms with E-state index in [9.17, 15) is 14.4 Å². The Morgan fingerprint density at radius 2 is 2.00 bits per heavy atom. The maximum atomic E-state index is 12.2. The predicted octanol–water partition coefficient (Wildman–Crippen LogP) is 0.198. The molecule has 3 N–H and O–H groups in total. The summed E-state index contributed by atoms with van der Waals surface area (Å²) in [7, 11) is 1.50. The molecule has 3 aromatic rings. The summed E-state index contributed by atoms with van der Waals surface area (Å²) in [6.07, 6.45) is 0.440. The fourth-order valence-electron chi connectivity index (χ4n) is 2.35. The molecule has 24 heavy (non-hydrogen) atoms. The molecule has 2 aromatic heterocycles. The lowest BCUT2D eigenvalue weighted by Gasteiger charge is -2.09. The average molecular weight is 349 g/mol. The number of carbonyl (C=O) groups excluding carboxylic acids is 1. The molecule has 0 atom stereocenters. The van der Waals surface area contributed by atoms with Crippen LogP contribution in [-0.4, -0.2) is 25.5 Å². The molecule has 0 aliphatic carbocycles. The Morgan fingerprint density at radius 3 is 2.67 bits per heavy atom. The van der Waals surface area contributed by atoms with E-state index in [0.717, 1.165) is 5.56 Å². The summed E-state index contributed by atoms with van der Waals surface area (Å²) < 4.78 is 2.79. The average Bonchev–Trinajstić information content (AvgIpc) is 2.92. The fraction of sp³-hybridized carbons (Fsp3) is 0.143. The normalized spacial score (nSPS) is 10.8. The summed E-state index contributed by atoms with van der Waals surface area (Å²) in [4.78, 5) is 41.0. The second-order valence-corrected chi connectivity index (χ2v) is 5.46. The Morgan fingerprint density at radius 1 is 1.29 bits per heavy atom. The maximum absolute atomic E-state index is 12.2. The molecule has 1 amide bonds. The number of fused-ring (bicyclic) bond motifs is 1. The van der Waals surface area contributed by atoms with Crippen LogP contribution in [0.4, 0.5) is 5.95 Å². The van der Waals surface area contributed by atoms with E-state index in [-0.39, 0.29) is 23.7 Å². The van der Waals surface area contributed by atoms with E-state index >= 15 is 0 Å². The smallest absolute Gasteiger partial charge is 0.298 e. The van der Waals surface area contributed by atoms with Crippen LogP contribution in [0.15, 0.2) is 33.9 Å². The molecule has 0 aliphatic heterocycles. The highest BCUT2D eigenvalue weighted by molar-refractivity contribution is 6.30. The van der Waals surface area contributed by atoms with Gasteiger partial charge in [0.15, 0.2) is 11.2 Å². The van der Waals surface area contributed by atoms with E-state index in [1.807, 2.05) is 0 Å². The van der Waals surface area contributed by atoms with Gasteiger partial charge in [0.2, 0.25) is 12.4 Å².